The van der Waals surface area contributed by atoms with Crippen molar-refractivity contribution in [2.45, 2.75) is 75.9 Å². The Hall–Kier alpha value is -3.16. The monoisotopic (exact) mass is 494 g/mol. The van der Waals surface area contributed by atoms with Crippen molar-refractivity contribution in [1.82, 2.24) is 19.1 Å². The van der Waals surface area contributed by atoms with Gasteiger partial charge in [-0.3, -0.25) is 9.48 Å². The largest absolute Gasteiger partial charge is 0.338 e. The number of fused-ring (bicyclic) bond motifs is 2. The molecule has 35 heavy (non-hydrogen) atoms. The van der Waals surface area contributed by atoms with Crippen LogP contribution >= 0.6 is 0 Å². The zero-order chi connectivity index (χ0) is 25.0. The molecule has 9 nitrogen and oxygen atoms in total. The van der Waals surface area contributed by atoms with Crippen molar-refractivity contribution < 1.29 is 8.42 Å². The fraction of sp³-hybridized carbons (Fsp3) is 0.480. The minimum absolute atomic E-state index is 0.104. The summed E-state index contributed by atoms with van der Waals surface area (Å²) in [6, 6.07) is 9.30. The summed E-state index contributed by atoms with van der Waals surface area (Å²) in [5.41, 5.74) is 1.24. The van der Waals surface area contributed by atoms with Crippen LogP contribution in [0, 0.1) is 17.2 Å². The van der Waals surface area contributed by atoms with Crippen LogP contribution in [0.3, 0.4) is 0 Å². The lowest BCUT2D eigenvalue weighted by Crippen LogP contribution is -2.41. The van der Waals surface area contributed by atoms with E-state index in [1.165, 1.54) is 4.31 Å². The van der Waals surface area contributed by atoms with Gasteiger partial charge in [0.1, 0.15) is 5.39 Å². The Kier molecular flexibility index (Phi) is 5.73. The molecule has 3 heterocycles. The molecule has 0 bridgehead atoms. The highest BCUT2D eigenvalue weighted by atomic mass is 32.2. The number of nitrogens with one attached hydrogen (secondary N) is 2. The van der Waals surface area contributed by atoms with Crippen LogP contribution in [0.25, 0.3) is 10.9 Å². The number of nitriles is 1. The summed E-state index contributed by atoms with van der Waals surface area (Å²) in [6.07, 6.45) is 6.37. The standard InChI is InChI=1S/C25H30N6O3S/c1-25(2,3)30-15-17-13-18(9-10-21(17)35(30,33)34)28-23-22-20(11-12-27-24(22)32)31(29-23)19-8-6-4-5-7-16(19)14-26/h9-13,16,19H,4-8,15H2,1-3H3,(H,27,32)(H,28,29)/t16-,19+/m1/s1. The average Bonchev–Trinajstić information content (AvgIpc) is 3.17. The lowest BCUT2D eigenvalue weighted by Gasteiger charge is -2.29. The SMILES string of the molecule is CC(C)(C)N1Cc2cc(Nc3nn([C@H]4CCCCC[C@@H]4C#N)c4cc[nH]c(=O)c34)ccc2S1(=O)=O. The predicted molar refractivity (Wildman–Crippen MR) is 134 cm³/mol. The number of aromatic nitrogens is 3. The van der Waals surface area contributed by atoms with E-state index in [0.29, 0.717) is 39.4 Å². The number of anilines is 2. The molecule has 1 aliphatic heterocycles. The summed E-state index contributed by atoms with van der Waals surface area (Å²) in [4.78, 5) is 15.9. The minimum Gasteiger partial charge on any atom is -0.338 e. The molecule has 184 valence electrons. The van der Waals surface area contributed by atoms with Crippen LogP contribution in [-0.2, 0) is 16.6 Å². The van der Waals surface area contributed by atoms with Crippen LogP contribution < -0.4 is 10.9 Å². The van der Waals surface area contributed by atoms with Gasteiger partial charge in [-0.15, -0.1) is 0 Å². The second-order valence-corrected chi connectivity index (χ2v) is 12.3. The summed E-state index contributed by atoms with van der Waals surface area (Å²) in [5.74, 6) is 0.234. The number of hydrogen-bond donors (Lipinski definition) is 2. The summed E-state index contributed by atoms with van der Waals surface area (Å²) in [5, 5.41) is 18.3. The maximum atomic E-state index is 13.0. The Morgan fingerprint density at radius 3 is 2.69 bits per heavy atom. The molecule has 2 N–H and O–H groups in total. The van der Waals surface area contributed by atoms with Crippen molar-refractivity contribution in [3.05, 3.63) is 46.4 Å². The summed E-state index contributed by atoms with van der Waals surface area (Å²) >= 11 is 0. The van der Waals surface area contributed by atoms with E-state index in [9.17, 15) is 18.5 Å². The average molecular weight is 495 g/mol. The van der Waals surface area contributed by atoms with Crippen molar-refractivity contribution in [3.63, 3.8) is 0 Å². The molecule has 0 amide bonds. The summed E-state index contributed by atoms with van der Waals surface area (Å²) in [6.45, 7) is 5.92. The zero-order valence-electron chi connectivity index (χ0n) is 20.2. The fourth-order valence-corrected chi connectivity index (χ4v) is 7.26. The molecule has 2 atom stereocenters. The molecule has 0 unspecified atom stereocenters. The number of hydrogen-bond acceptors (Lipinski definition) is 6. The predicted octanol–water partition coefficient (Wildman–Crippen LogP) is 4.42. The van der Waals surface area contributed by atoms with Crippen LogP contribution in [0.1, 0.15) is 64.5 Å². The van der Waals surface area contributed by atoms with Gasteiger partial charge in [0.15, 0.2) is 5.82 Å². The van der Waals surface area contributed by atoms with Gasteiger partial charge in [-0.25, -0.2) is 8.42 Å². The van der Waals surface area contributed by atoms with Gasteiger partial charge < -0.3 is 10.3 Å². The van der Waals surface area contributed by atoms with Crippen molar-refractivity contribution in [1.29, 1.82) is 5.26 Å². The molecule has 3 aromatic rings. The molecule has 1 aliphatic carbocycles. The molecule has 0 spiro atoms. The van der Waals surface area contributed by atoms with Crippen LogP contribution in [-0.4, -0.2) is 33.0 Å². The number of pyridine rings is 1. The van der Waals surface area contributed by atoms with Gasteiger partial charge in [0.05, 0.1) is 28.4 Å². The molecule has 2 aliphatic rings. The van der Waals surface area contributed by atoms with E-state index in [2.05, 4.69) is 16.4 Å². The van der Waals surface area contributed by atoms with Crippen molar-refractivity contribution in [3.8, 4) is 6.07 Å². The Balaban J connectivity index is 1.56. The lowest BCUT2D eigenvalue weighted by atomic mass is 9.96. The van der Waals surface area contributed by atoms with Crippen LogP contribution in [0.2, 0.25) is 0 Å². The van der Waals surface area contributed by atoms with Gasteiger partial charge >= 0.3 is 0 Å². The molecule has 1 saturated carbocycles. The second-order valence-electron chi connectivity index (χ2n) is 10.4. The molecule has 0 radical (unpaired) electrons. The second kappa shape index (κ2) is 8.50. The van der Waals surface area contributed by atoms with Gasteiger partial charge in [0.25, 0.3) is 5.56 Å². The highest BCUT2D eigenvalue weighted by Gasteiger charge is 2.41. The number of rotatable bonds is 3. The van der Waals surface area contributed by atoms with Crippen molar-refractivity contribution >= 4 is 32.4 Å². The molecular weight excluding hydrogens is 464 g/mol. The van der Waals surface area contributed by atoms with E-state index in [0.717, 1.165) is 32.1 Å². The number of aromatic amines is 1. The van der Waals surface area contributed by atoms with E-state index in [4.69, 9.17) is 5.10 Å². The van der Waals surface area contributed by atoms with Gasteiger partial charge in [-0.1, -0.05) is 19.3 Å². The molecule has 2 aromatic heterocycles. The Bertz CT molecular complexity index is 1490. The topological polar surface area (TPSA) is 124 Å². The van der Waals surface area contributed by atoms with E-state index < -0.39 is 15.6 Å². The third-order valence-corrected chi connectivity index (χ3v) is 9.25. The molecule has 1 fully saturated rings. The smallest absolute Gasteiger partial charge is 0.261 e. The molecular formula is C25H30N6O3S. The van der Waals surface area contributed by atoms with Crippen LogP contribution in [0.4, 0.5) is 11.5 Å². The maximum absolute atomic E-state index is 13.0. The first-order chi connectivity index (χ1) is 16.6. The highest BCUT2D eigenvalue weighted by molar-refractivity contribution is 7.89. The van der Waals surface area contributed by atoms with Gasteiger partial charge in [-0.2, -0.15) is 14.7 Å². The van der Waals surface area contributed by atoms with Crippen LogP contribution in [0.15, 0.2) is 40.2 Å². The highest BCUT2D eigenvalue weighted by Crippen LogP contribution is 2.38. The zero-order valence-corrected chi connectivity index (χ0v) is 21.0. The van der Waals surface area contributed by atoms with Gasteiger partial charge in [0, 0.05) is 24.0 Å². The number of H-pyrrole nitrogens is 1. The van der Waals surface area contributed by atoms with E-state index in [1.54, 1.807) is 18.3 Å². The normalized spacial score (nSPS) is 22.5. The fourth-order valence-electron chi connectivity index (χ4n) is 5.30. The van der Waals surface area contributed by atoms with Crippen molar-refractivity contribution in [2.75, 3.05) is 5.32 Å². The maximum Gasteiger partial charge on any atom is 0.261 e. The Morgan fingerprint density at radius 1 is 1.17 bits per heavy atom. The van der Waals surface area contributed by atoms with E-state index in [1.807, 2.05) is 37.6 Å². The van der Waals surface area contributed by atoms with Gasteiger partial charge in [-0.05, 0) is 63.4 Å². The lowest BCUT2D eigenvalue weighted by molar-refractivity contribution is 0.252. The first kappa shape index (κ1) is 23.6. The van der Waals surface area contributed by atoms with E-state index >= 15 is 0 Å². The first-order valence-electron chi connectivity index (χ1n) is 12.0. The summed E-state index contributed by atoms with van der Waals surface area (Å²) < 4.78 is 29.3. The van der Waals surface area contributed by atoms with Crippen molar-refractivity contribution in [2.24, 2.45) is 5.92 Å². The molecule has 5 rings (SSSR count). The number of benzene rings is 1. The number of sulfonamides is 1. The number of nitrogens with zero attached hydrogens (tertiary/aromatic N) is 4. The van der Waals surface area contributed by atoms with Gasteiger partial charge in [0.2, 0.25) is 10.0 Å². The van der Waals surface area contributed by atoms with E-state index in [-0.39, 0.29) is 17.5 Å². The quantitative estimate of drug-likeness (QED) is 0.520. The molecule has 10 heteroatoms. The third kappa shape index (κ3) is 4.02. The first-order valence-corrected chi connectivity index (χ1v) is 13.5. The minimum atomic E-state index is -3.56. The third-order valence-electron chi connectivity index (χ3n) is 7.04. The Labute approximate surface area is 204 Å². The summed E-state index contributed by atoms with van der Waals surface area (Å²) in [7, 11) is -3.56. The molecule has 1 aromatic carbocycles. The van der Waals surface area contributed by atoms with Crippen LogP contribution in [0.5, 0.6) is 0 Å². The Morgan fingerprint density at radius 2 is 1.94 bits per heavy atom. The molecule has 0 saturated heterocycles.